The molecule has 0 unspecified atom stereocenters. The Balaban J connectivity index is 1.86. The van der Waals surface area contributed by atoms with Gasteiger partial charge in [-0.1, -0.05) is 31.4 Å². The van der Waals surface area contributed by atoms with Crippen molar-refractivity contribution in [2.24, 2.45) is 4.99 Å². The molecule has 0 N–H and O–H groups in total. The van der Waals surface area contributed by atoms with E-state index in [1.165, 1.54) is 32.1 Å². The zero-order valence-corrected chi connectivity index (χ0v) is 15.2. The van der Waals surface area contributed by atoms with Crippen LogP contribution in [0.4, 0.5) is 5.69 Å². The van der Waals surface area contributed by atoms with Gasteiger partial charge in [0, 0.05) is 11.4 Å². The Hall–Kier alpha value is -2.27. The van der Waals surface area contributed by atoms with Gasteiger partial charge in [0.25, 0.3) is 0 Å². The lowest BCUT2D eigenvalue weighted by Crippen LogP contribution is -2.23. The van der Waals surface area contributed by atoms with Crippen molar-refractivity contribution in [3.8, 4) is 17.2 Å². The van der Waals surface area contributed by atoms with Crippen LogP contribution in [0.1, 0.15) is 38.1 Å². The molecule has 4 rings (SSSR count). The SMILES string of the molecule is COc1ccccc1N=c1scc(-c2ccco2)n1C1CCCCC1. The van der Waals surface area contributed by atoms with Crippen LogP contribution in [0.3, 0.4) is 0 Å². The number of hydrogen-bond donors (Lipinski definition) is 0. The van der Waals surface area contributed by atoms with Gasteiger partial charge in [0.1, 0.15) is 11.4 Å². The molecule has 1 saturated carbocycles. The predicted molar refractivity (Wildman–Crippen MR) is 100 cm³/mol. The molecular formula is C20H22N2O2S. The zero-order chi connectivity index (χ0) is 17.1. The average molecular weight is 354 g/mol. The molecule has 2 heterocycles. The molecular weight excluding hydrogens is 332 g/mol. The fourth-order valence-corrected chi connectivity index (χ4v) is 4.48. The minimum Gasteiger partial charge on any atom is -0.494 e. The fourth-order valence-electron chi connectivity index (χ4n) is 3.52. The maximum atomic E-state index is 5.68. The summed E-state index contributed by atoms with van der Waals surface area (Å²) in [6.45, 7) is 0. The summed E-state index contributed by atoms with van der Waals surface area (Å²) in [6, 6.07) is 12.3. The van der Waals surface area contributed by atoms with Crippen LogP contribution in [0.25, 0.3) is 11.5 Å². The van der Waals surface area contributed by atoms with Gasteiger partial charge in [-0.2, -0.15) is 0 Å². The third-order valence-corrected chi connectivity index (χ3v) is 5.60. The highest BCUT2D eigenvalue weighted by Crippen LogP contribution is 2.33. The van der Waals surface area contributed by atoms with Crippen molar-refractivity contribution in [3.63, 3.8) is 0 Å². The van der Waals surface area contributed by atoms with Crippen molar-refractivity contribution >= 4 is 17.0 Å². The van der Waals surface area contributed by atoms with E-state index in [1.54, 1.807) is 24.7 Å². The summed E-state index contributed by atoms with van der Waals surface area (Å²) in [5, 5.41) is 2.15. The summed E-state index contributed by atoms with van der Waals surface area (Å²) in [5.41, 5.74) is 1.98. The lowest BCUT2D eigenvalue weighted by molar-refractivity contribution is 0.349. The summed E-state index contributed by atoms with van der Waals surface area (Å²) in [5.74, 6) is 1.70. The van der Waals surface area contributed by atoms with E-state index in [1.807, 2.05) is 36.4 Å². The number of rotatable bonds is 4. The van der Waals surface area contributed by atoms with E-state index >= 15 is 0 Å². The summed E-state index contributed by atoms with van der Waals surface area (Å²) < 4.78 is 13.5. The van der Waals surface area contributed by atoms with Crippen LogP contribution in [0.5, 0.6) is 5.75 Å². The zero-order valence-electron chi connectivity index (χ0n) is 14.4. The average Bonchev–Trinajstić information content (AvgIpc) is 3.32. The summed E-state index contributed by atoms with van der Waals surface area (Å²) >= 11 is 1.66. The second-order valence-corrected chi connectivity index (χ2v) is 7.16. The van der Waals surface area contributed by atoms with Gasteiger partial charge in [0.05, 0.1) is 19.1 Å². The van der Waals surface area contributed by atoms with E-state index < -0.39 is 0 Å². The molecule has 1 aromatic carbocycles. The number of thiazole rings is 1. The van der Waals surface area contributed by atoms with E-state index in [0.717, 1.165) is 27.7 Å². The largest absolute Gasteiger partial charge is 0.494 e. The van der Waals surface area contributed by atoms with Gasteiger partial charge < -0.3 is 13.7 Å². The van der Waals surface area contributed by atoms with Crippen molar-refractivity contribution in [1.29, 1.82) is 0 Å². The first kappa shape index (κ1) is 16.2. The molecule has 0 bridgehead atoms. The Kier molecular flexibility index (Phi) is 4.74. The highest BCUT2D eigenvalue weighted by atomic mass is 32.1. The van der Waals surface area contributed by atoms with Crippen molar-refractivity contribution in [1.82, 2.24) is 4.57 Å². The molecule has 0 saturated heterocycles. The van der Waals surface area contributed by atoms with Crippen molar-refractivity contribution in [2.75, 3.05) is 7.11 Å². The Morgan fingerprint density at radius 3 is 2.72 bits per heavy atom. The molecule has 1 aliphatic rings. The van der Waals surface area contributed by atoms with E-state index in [-0.39, 0.29) is 0 Å². The van der Waals surface area contributed by atoms with Gasteiger partial charge in [0.15, 0.2) is 10.6 Å². The topological polar surface area (TPSA) is 39.7 Å². The standard InChI is InChI=1S/C20H22N2O2S/c1-23-18-11-6-5-10-16(18)21-20-22(15-8-3-2-4-9-15)17(14-25-20)19-12-7-13-24-19/h5-7,10-15H,2-4,8-9H2,1H3. The van der Waals surface area contributed by atoms with E-state index in [0.29, 0.717) is 6.04 Å². The van der Waals surface area contributed by atoms with Gasteiger partial charge in [-0.3, -0.25) is 0 Å². The van der Waals surface area contributed by atoms with E-state index in [9.17, 15) is 0 Å². The van der Waals surface area contributed by atoms with Gasteiger partial charge in [-0.15, -0.1) is 11.3 Å². The van der Waals surface area contributed by atoms with Crippen LogP contribution < -0.4 is 9.54 Å². The lowest BCUT2D eigenvalue weighted by Gasteiger charge is -2.24. The van der Waals surface area contributed by atoms with E-state index in [4.69, 9.17) is 14.1 Å². The summed E-state index contributed by atoms with van der Waals surface area (Å²) in [7, 11) is 1.69. The van der Waals surface area contributed by atoms with E-state index in [2.05, 4.69) is 9.95 Å². The molecule has 3 aromatic rings. The first-order chi connectivity index (χ1) is 12.4. The molecule has 5 heteroatoms. The normalized spacial score (nSPS) is 16.3. The number of furan rings is 1. The molecule has 1 fully saturated rings. The maximum absolute atomic E-state index is 5.68. The minimum absolute atomic E-state index is 0.480. The molecule has 4 nitrogen and oxygen atoms in total. The first-order valence-corrected chi connectivity index (χ1v) is 9.66. The maximum Gasteiger partial charge on any atom is 0.190 e. The minimum atomic E-state index is 0.480. The highest BCUT2D eigenvalue weighted by molar-refractivity contribution is 7.07. The van der Waals surface area contributed by atoms with Gasteiger partial charge in [-0.25, -0.2) is 4.99 Å². The molecule has 0 spiro atoms. The molecule has 0 amide bonds. The predicted octanol–water partition coefficient (Wildman–Crippen LogP) is 5.56. The highest BCUT2D eigenvalue weighted by Gasteiger charge is 2.21. The third-order valence-electron chi connectivity index (χ3n) is 4.76. The Morgan fingerprint density at radius 2 is 1.96 bits per heavy atom. The molecule has 0 radical (unpaired) electrons. The third kappa shape index (κ3) is 3.29. The number of ether oxygens (including phenoxy) is 1. The molecule has 25 heavy (non-hydrogen) atoms. The number of nitrogens with zero attached hydrogens (tertiary/aromatic N) is 2. The number of para-hydroxylation sites is 2. The molecule has 130 valence electrons. The van der Waals surface area contributed by atoms with Crippen molar-refractivity contribution < 1.29 is 9.15 Å². The number of aromatic nitrogens is 1. The smallest absolute Gasteiger partial charge is 0.190 e. The second kappa shape index (κ2) is 7.31. The Morgan fingerprint density at radius 1 is 1.12 bits per heavy atom. The number of methoxy groups -OCH3 is 1. The molecule has 0 atom stereocenters. The van der Waals surface area contributed by atoms with Crippen molar-refractivity contribution in [3.05, 3.63) is 52.8 Å². The van der Waals surface area contributed by atoms with Gasteiger partial charge in [0.2, 0.25) is 0 Å². The molecule has 2 aromatic heterocycles. The van der Waals surface area contributed by atoms with Crippen LogP contribution in [0, 0.1) is 0 Å². The lowest BCUT2D eigenvalue weighted by atomic mass is 9.95. The fraction of sp³-hybridized carbons (Fsp3) is 0.350. The van der Waals surface area contributed by atoms with Crippen LogP contribution >= 0.6 is 11.3 Å². The number of hydrogen-bond acceptors (Lipinski definition) is 4. The Labute approximate surface area is 151 Å². The Bertz CT molecular complexity index is 887. The van der Waals surface area contributed by atoms with Crippen LogP contribution in [-0.2, 0) is 0 Å². The first-order valence-electron chi connectivity index (χ1n) is 8.78. The van der Waals surface area contributed by atoms with Gasteiger partial charge >= 0.3 is 0 Å². The second-order valence-electron chi connectivity index (χ2n) is 6.33. The quantitative estimate of drug-likeness (QED) is 0.616. The number of benzene rings is 1. The molecule has 0 aliphatic heterocycles. The molecule has 1 aliphatic carbocycles. The van der Waals surface area contributed by atoms with Crippen molar-refractivity contribution in [2.45, 2.75) is 38.1 Å². The van der Waals surface area contributed by atoms with Crippen LogP contribution in [0.2, 0.25) is 0 Å². The summed E-state index contributed by atoms with van der Waals surface area (Å²) in [6.07, 6.45) is 8.01. The van der Waals surface area contributed by atoms with Crippen LogP contribution in [-0.4, -0.2) is 11.7 Å². The summed E-state index contributed by atoms with van der Waals surface area (Å²) in [4.78, 5) is 5.93. The monoisotopic (exact) mass is 354 g/mol. The van der Waals surface area contributed by atoms with Crippen LogP contribution in [0.15, 0.2) is 57.5 Å². The van der Waals surface area contributed by atoms with Gasteiger partial charge in [-0.05, 0) is 37.1 Å².